The van der Waals surface area contributed by atoms with Crippen molar-refractivity contribution in [3.63, 3.8) is 0 Å². The lowest BCUT2D eigenvalue weighted by Gasteiger charge is -2.27. The molecule has 3 rings (SSSR count). The number of carbonyl (C=O) groups excluding carboxylic acids is 2. The minimum atomic E-state index is -0.898. The smallest absolute Gasteiger partial charge is 0.242 e. The van der Waals surface area contributed by atoms with E-state index in [1.165, 1.54) is 24.3 Å². The van der Waals surface area contributed by atoms with E-state index in [4.69, 9.17) is 0 Å². The van der Waals surface area contributed by atoms with E-state index < -0.39 is 12.1 Å². The second-order valence-electron chi connectivity index (χ2n) is 6.98. The molecule has 1 aliphatic carbocycles. The zero-order valence-corrected chi connectivity index (χ0v) is 14.3. The first kappa shape index (κ1) is 17.9. The molecule has 6 heteroatoms. The lowest BCUT2D eigenvalue weighted by Crippen LogP contribution is -2.48. The normalized spacial score (nSPS) is 22.2. The monoisotopic (exact) mass is 348 g/mol. The number of aliphatic hydroxyl groups is 1. The Balaban J connectivity index is 1.54. The second-order valence-corrected chi connectivity index (χ2v) is 6.98. The number of amides is 2. The van der Waals surface area contributed by atoms with Gasteiger partial charge in [-0.1, -0.05) is 25.0 Å². The van der Waals surface area contributed by atoms with Gasteiger partial charge in [0.25, 0.3) is 0 Å². The van der Waals surface area contributed by atoms with Crippen molar-refractivity contribution < 1.29 is 19.1 Å². The highest BCUT2D eigenvalue weighted by Gasteiger charge is 2.37. The molecule has 0 bridgehead atoms. The first-order valence-corrected chi connectivity index (χ1v) is 9.08. The van der Waals surface area contributed by atoms with E-state index in [1.807, 2.05) is 0 Å². The third kappa shape index (κ3) is 4.18. The van der Waals surface area contributed by atoms with Crippen molar-refractivity contribution >= 4 is 11.8 Å². The fraction of sp³-hybridized carbons (Fsp3) is 0.579. The maximum atomic E-state index is 12.9. The molecular weight excluding hydrogens is 323 g/mol. The zero-order valence-electron chi connectivity index (χ0n) is 14.3. The van der Waals surface area contributed by atoms with Crippen LogP contribution in [0.25, 0.3) is 0 Å². The van der Waals surface area contributed by atoms with Crippen molar-refractivity contribution in [2.24, 2.45) is 5.92 Å². The van der Waals surface area contributed by atoms with Gasteiger partial charge < -0.3 is 15.3 Å². The minimum absolute atomic E-state index is 0.0480. The summed E-state index contributed by atoms with van der Waals surface area (Å²) in [5.74, 6) is -0.413. The van der Waals surface area contributed by atoms with Gasteiger partial charge >= 0.3 is 0 Å². The number of nitrogens with zero attached hydrogens (tertiary/aromatic N) is 1. The minimum Gasteiger partial charge on any atom is -0.387 e. The van der Waals surface area contributed by atoms with Gasteiger partial charge in [0, 0.05) is 19.0 Å². The first-order valence-electron chi connectivity index (χ1n) is 9.08. The third-order valence-electron chi connectivity index (χ3n) is 5.27. The van der Waals surface area contributed by atoms with Crippen LogP contribution in [0.15, 0.2) is 24.3 Å². The third-order valence-corrected chi connectivity index (χ3v) is 5.27. The van der Waals surface area contributed by atoms with E-state index in [2.05, 4.69) is 5.32 Å². The molecule has 1 aromatic rings. The average Bonchev–Trinajstić information content (AvgIpc) is 3.30. The second kappa shape index (κ2) is 7.95. The summed E-state index contributed by atoms with van der Waals surface area (Å²) in [5, 5.41) is 12.9. The molecule has 0 spiro atoms. The molecule has 2 unspecified atom stereocenters. The molecule has 2 N–H and O–H groups in total. The van der Waals surface area contributed by atoms with Crippen LogP contribution in [0.1, 0.15) is 50.2 Å². The number of benzene rings is 1. The van der Waals surface area contributed by atoms with Gasteiger partial charge in [-0.05, 0) is 43.4 Å². The number of nitrogens with one attached hydrogen (secondary N) is 1. The molecule has 1 heterocycles. The number of hydrogen-bond acceptors (Lipinski definition) is 3. The molecule has 2 amide bonds. The summed E-state index contributed by atoms with van der Waals surface area (Å²) in [5.41, 5.74) is 0.548. The predicted molar refractivity (Wildman–Crippen MR) is 91.1 cm³/mol. The standard InChI is InChI=1S/C19H25FN2O3/c20-15-9-7-13(8-10-15)17(23)12-21-18(24)16-6-3-11-22(16)19(25)14-4-1-2-5-14/h7-10,14,16-17,23H,1-6,11-12H2,(H,21,24). The number of aliphatic hydroxyl groups excluding tert-OH is 1. The molecule has 1 saturated heterocycles. The molecule has 1 aromatic carbocycles. The van der Waals surface area contributed by atoms with Crippen LogP contribution in [-0.4, -0.2) is 41.0 Å². The molecule has 2 fully saturated rings. The summed E-state index contributed by atoms with van der Waals surface area (Å²) in [6.07, 6.45) is 4.62. The summed E-state index contributed by atoms with van der Waals surface area (Å²) >= 11 is 0. The van der Waals surface area contributed by atoms with Gasteiger partial charge in [0.05, 0.1) is 6.10 Å². The van der Waals surface area contributed by atoms with Crippen molar-refractivity contribution in [3.05, 3.63) is 35.6 Å². The van der Waals surface area contributed by atoms with Crippen molar-refractivity contribution in [2.75, 3.05) is 13.1 Å². The van der Waals surface area contributed by atoms with Crippen molar-refractivity contribution in [3.8, 4) is 0 Å². The number of halogens is 1. The van der Waals surface area contributed by atoms with Crippen LogP contribution in [0.2, 0.25) is 0 Å². The van der Waals surface area contributed by atoms with Gasteiger partial charge in [-0.3, -0.25) is 9.59 Å². The average molecular weight is 348 g/mol. The van der Waals surface area contributed by atoms with Crippen LogP contribution in [0.5, 0.6) is 0 Å². The lowest BCUT2D eigenvalue weighted by molar-refractivity contribution is -0.141. The summed E-state index contributed by atoms with van der Waals surface area (Å²) in [6.45, 7) is 0.681. The van der Waals surface area contributed by atoms with Crippen LogP contribution in [-0.2, 0) is 9.59 Å². The Morgan fingerprint density at radius 1 is 1.16 bits per heavy atom. The van der Waals surface area contributed by atoms with Crippen molar-refractivity contribution in [1.29, 1.82) is 0 Å². The van der Waals surface area contributed by atoms with Gasteiger partial charge in [0.15, 0.2) is 0 Å². The van der Waals surface area contributed by atoms with E-state index in [0.717, 1.165) is 32.1 Å². The highest BCUT2D eigenvalue weighted by atomic mass is 19.1. The molecule has 2 aliphatic rings. The topological polar surface area (TPSA) is 69.6 Å². The molecule has 5 nitrogen and oxygen atoms in total. The molecule has 1 saturated carbocycles. The van der Waals surface area contributed by atoms with Gasteiger partial charge in [0.2, 0.25) is 11.8 Å². The largest absolute Gasteiger partial charge is 0.387 e. The zero-order chi connectivity index (χ0) is 17.8. The van der Waals surface area contributed by atoms with Gasteiger partial charge in [-0.25, -0.2) is 4.39 Å². The Hall–Kier alpha value is -1.95. The summed E-state index contributed by atoms with van der Waals surface area (Å²) < 4.78 is 12.9. The van der Waals surface area contributed by atoms with Crippen LogP contribution in [0, 0.1) is 11.7 Å². The predicted octanol–water partition coefficient (Wildman–Crippen LogP) is 2.16. The van der Waals surface area contributed by atoms with E-state index in [1.54, 1.807) is 4.90 Å². The molecule has 1 aliphatic heterocycles. The Bertz CT molecular complexity index is 614. The SMILES string of the molecule is O=C(NCC(O)c1ccc(F)cc1)C1CCCN1C(=O)C1CCCC1. The van der Waals surface area contributed by atoms with Crippen LogP contribution >= 0.6 is 0 Å². The van der Waals surface area contributed by atoms with Crippen LogP contribution in [0.3, 0.4) is 0 Å². The number of hydrogen-bond donors (Lipinski definition) is 2. The van der Waals surface area contributed by atoms with Crippen molar-refractivity contribution in [2.45, 2.75) is 50.7 Å². The summed E-state index contributed by atoms with van der Waals surface area (Å²) in [7, 11) is 0. The maximum absolute atomic E-state index is 12.9. The summed E-state index contributed by atoms with van der Waals surface area (Å²) in [4.78, 5) is 26.8. The molecule has 136 valence electrons. The van der Waals surface area contributed by atoms with E-state index in [0.29, 0.717) is 18.5 Å². The Morgan fingerprint density at radius 2 is 1.84 bits per heavy atom. The quantitative estimate of drug-likeness (QED) is 0.857. The lowest BCUT2D eigenvalue weighted by atomic mass is 10.1. The Labute approximate surface area is 147 Å². The first-order chi connectivity index (χ1) is 12.1. The van der Waals surface area contributed by atoms with Crippen molar-refractivity contribution in [1.82, 2.24) is 10.2 Å². The number of likely N-dealkylation sites (tertiary alicyclic amines) is 1. The van der Waals surface area contributed by atoms with Gasteiger partial charge in [-0.15, -0.1) is 0 Å². The maximum Gasteiger partial charge on any atom is 0.242 e. The Kier molecular flexibility index (Phi) is 5.68. The fourth-order valence-electron chi connectivity index (χ4n) is 3.83. The van der Waals surface area contributed by atoms with Crippen LogP contribution < -0.4 is 5.32 Å². The van der Waals surface area contributed by atoms with Gasteiger partial charge in [0.1, 0.15) is 11.9 Å². The molecule has 0 radical (unpaired) electrons. The number of carbonyl (C=O) groups is 2. The molecule has 25 heavy (non-hydrogen) atoms. The van der Waals surface area contributed by atoms with E-state index >= 15 is 0 Å². The molecular formula is C19H25FN2O3. The van der Waals surface area contributed by atoms with Crippen LogP contribution in [0.4, 0.5) is 4.39 Å². The molecule has 0 aromatic heterocycles. The molecule has 2 atom stereocenters. The van der Waals surface area contributed by atoms with E-state index in [-0.39, 0.29) is 30.1 Å². The van der Waals surface area contributed by atoms with Gasteiger partial charge in [-0.2, -0.15) is 0 Å². The highest BCUT2D eigenvalue weighted by Crippen LogP contribution is 2.29. The summed E-state index contributed by atoms with van der Waals surface area (Å²) in [6, 6.07) is 5.11. The Morgan fingerprint density at radius 3 is 2.52 bits per heavy atom. The number of rotatable bonds is 5. The van der Waals surface area contributed by atoms with E-state index in [9.17, 15) is 19.1 Å². The highest BCUT2D eigenvalue weighted by molar-refractivity contribution is 5.89. The fourth-order valence-corrected chi connectivity index (χ4v) is 3.83.